The third-order valence-electron chi connectivity index (χ3n) is 3.26. The Morgan fingerprint density at radius 2 is 1.84 bits per heavy atom. The maximum absolute atomic E-state index is 12.2. The summed E-state index contributed by atoms with van der Waals surface area (Å²) in [5.41, 5.74) is 5.91. The number of hydrogen-bond donors (Lipinski definition) is 3. The number of hydrogen-bond acceptors (Lipinski definition) is 5. The normalized spacial score (nSPS) is 10.2. The number of nitro benzene ring substituents is 1. The Morgan fingerprint density at radius 3 is 2.56 bits per heavy atom. The number of carbonyl (C=O) groups is 1. The number of hydrazine groups is 1. The van der Waals surface area contributed by atoms with Crippen LogP contribution in [-0.2, 0) is 0 Å². The lowest BCUT2D eigenvalue weighted by atomic mass is 10.2. The zero-order valence-electron chi connectivity index (χ0n) is 12.7. The molecule has 0 atom stereocenters. The highest BCUT2D eigenvalue weighted by atomic mass is 32.1. The Bertz CT molecular complexity index is 956. The van der Waals surface area contributed by atoms with Gasteiger partial charge in [0, 0.05) is 27.9 Å². The van der Waals surface area contributed by atoms with Crippen LogP contribution in [0.2, 0.25) is 0 Å². The fraction of sp³-hybridized carbons (Fsp3) is 0. The minimum atomic E-state index is -0.466. The molecule has 0 radical (unpaired) electrons. The summed E-state index contributed by atoms with van der Waals surface area (Å²) >= 11 is 6.35. The number of para-hydroxylation sites is 1. The van der Waals surface area contributed by atoms with Gasteiger partial charge in [0.1, 0.15) is 0 Å². The van der Waals surface area contributed by atoms with Crippen LogP contribution in [0.3, 0.4) is 0 Å². The van der Waals surface area contributed by atoms with Crippen LogP contribution < -0.4 is 16.2 Å². The van der Waals surface area contributed by atoms with Gasteiger partial charge in [-0.3, -0.25) is 25.8 Å². The molecular formula is C16H12N4O3S2. The summed E-state index contributed by atoms with van der Waals surface area (Å²) in [4.78, 5) is 23.0. The quantitative estimate of drug-likeness (QED) is 0.370. The van der Waals surface area contributed by atoms with Gasteiger partial charge in [-0.2, -0.15) is 0 Å². The molecule has 0 fully saturated rings. The zero-order valence-corrected chi connectivity index (χ0v) is 14.3. The van der Waals surface area contributed by atoms with Crippen LogP contribution in [0, 0.1) is 10.1 Å². The van der Waals surface area contributed by atoms with Crippen LogP contribution in [0.25, 0.3) is 10.1 Å². The van der Waals surface area contributed by atoms with E-state index in [4.69, 9.17) is 12.2 Å². The van der Waals surface area contributed by atoms with Crippen molar-refractivity contribution in [2.24, 2.45) is 0 Å². The number of carbonyl (C=O) groups excluding carboxylic acids is 1. The molecule has 9 heteroatoms. The van der Waals surface area contributed by atoms with E-state index in [0.29, 0.717) is 10.3 Å². The van der Waals surface area contributed by atoms with E-state index in [-0.39, 0.29) is 16.7 Å². The fourth-order valence-corrected chi connectivity index (χ4v) is 3.22. The van der Waals surface area contributed by atoms with Gasteiger partial charge >= 0.3 is 0 Å². The average Bonchev–Trinajstić information content (AvgIpc) is 3.03. The van der Waals surface area contributed by atoms with E-state index in [9.17, 15) is 14.9 Å². The van der Waals surface area contributed by atoms with E-state index < -0.39 is 4.92 Å². The topological polar surface area (TPSA) is 96.3 Å². The smallest absolute Gasteiger partial charge is 0.279 e. The van der Waals surface area contributed by atoms with Gasteiger partial charge in [0.15, 0.2) is 5.11 Å². The molecule has 0 saturated heterocycles. The molecule has 0 saturated carbocycles. The van der Waals surface area contributed by atoms with Crippen molar-refractivity contribution in [2.75, 3.05) is 5.32 Å². The van der Waals surface area contributed by atoms with E-state index in [1.165, 1.54) is 23.5 Å². The number of non-ortho nitro benzene ring substituents is 1. The van der Waals surface area contributed by atoms with Crippen molar-refractivity contribution in [2.45, 2.75) is 0 Å². The first-order valence-electron chi connectivity index (χ1n) is 7.13. The van der Waals surface area contributed by atoms with Crippen LogP contribution in [-0.4, -0.2) is 15.9 Å². The number of nitro groups is 1. The zero-order chi connectivity index (χ0) is 17.8. The Kier molecular flexibility index (Phi) is 4.87. The lowest BCUT2D eigenvalue weighted by Gasteiger charge is -2.10. The van der Waals surface area contributed by atoms with Crippen molar-refractivity contribution in [1.82, 2.24) is 10.9 Å². The number of anilines is 1. The van der Waals surface area contributed by atoms with E-state index in [2.05, 4.69) is 16.2 Å². The Morgan fingerprint density at radius 1 is 1.08 bits per heavy atom. The van der Waals surface area contributed by atoms with Gasteiger partial charge in [-0.1, -0.05) is 18.2 Å². The molecule has 0 aliphatic carbocycles. The Balaban J connectivity index is 1.64. The summed E-state index contributed by atoms with van der Waals surface area (Å²) in [6.45, 7) is 0. The van der Waals surface area contributed by atoms with Gasteiger partial charge in [-0.25, -0.2) is 0 Å². The molecule has 0 aliphatic rings. The third-order valence-corrected chi connectivity index (χ3v) is 4.57. The van der Waals surface area contributed by atoms with Crippen LogP contribution in [0.5, 0.6) is 0 Å². The van der Waals surface area contributed by atoms with Gasteiger partial charge in [0.2, 0.25) is 0 Å². The van der Waals surface area contributed by atoms with Crippen molar-refractivity contribution < 1.29 is 9.72 Å². The molecule has 2 aromatic carbocycles. The first kappa shape index (κ1) is 16.8. The van der Waals surface area contributed by atoms with Gasteiger partial charge in [0.25, 0.3) is 11.6 Å². The number of thiocarbonyl (C=S) groups is 1. The predicted molar refractivity (Wildman–Crippen MR) is 102 cm³/mol. The number of benzene rings is 2. The highest BCUT2D eigenvalue weighted by Gasteiger charge is 2.13. The molecule has 3 aromatic rings. The molecule has 126 valence electrons. The summed E-state index contributed by atoms with van der Waals surface area (Å²) in [5.74, 6) is -0.374. The molecule has 0 unspecified atom stereocenters. The summed E-state index contributed by atoms with van der Waals surface area (Å²) < 4.78 is 0.792. The molecule has 1 amide bonds. The molecule has 0 bridgehead atoms. The Labute approximate surface area is 151 Å². The van der Waals surface area contributed by atoms with Crippen LogP contribution in [0.1, 0.15) is 9.67 Å². The summed E-state index contributed by atoms with van der Waals surface area (Å²) in [7, 11) is 0. The minimum Gasteiger partial charge on any atom is -0.331 e. The molecule has 7 nitrogen and oxygen atoms in total. The number of nitrogens with zero attached hydrogens (tertiary/aromatic N) is 1. The number of nitrogens with one attached hydrogen (secondary N) is 3. The average molecular weight is 372 g/mol. The van der Waals surface area contributed by atoms with Crippen LogP contribution in [0.15, 0.2) is 54.6 Å². The lowest BCUT2D eigenvalue weighted by Crippen LogP contribution is -2.43. The maximum atomic E-state index is 12.2. The first-order chi connectivity index (χ1) is 12.0. The second-order valence-corrected chi connectivity index (χ2v) is 6.48. The molecule has 3 N–H and O–H groups in total. The van der Waals surface area contributed by atoms with Gasteiger partial charge in [0.05, 0.1) is 9.80 Å². The van der Waals surface area contributed by atoms with E-state index >= 15 is 0 Å². The number of thiophene rings is 1. The van der Waals surface area contributed by atoms with Gasteiger partial charge in [-0.05, 0) is 36.5 Å². The second-order valence-electron chi connectivity index (χ2n) is 4.99. The summed E-state index contributed by atoms with van der Waals surface area (Å²) in [5, 5.41) is 14.6. The highest BCUT2D eigenvalue weighted by molar-refractivity contribution is 7.80. The molecule has 25 heavy (non-hydrogen) atoms. The van der Waals surface area contributed by atoms with Crippen molar-refractivity contribution in [3.8, 4) is 0 Å². The predicted octanol–water partition coefficient (Wildman–Crippen LogP) is 3.44. The third kappa shape index (κ3) is 4.08. The van der Waals surface area contributed by atoms with Crippen molar-refractivity contribution >= 4 is 56.0 Å². The summed E-state index contributed by atoms with van der Waals surface area (Å²) in [6, 6.07) is 15.4. The van der Waals surface area contributed by atoms with E-state index in [1.807, 2.05) is 30.3 Å². The monoisotopic (exact) mass is 372 g/mol. The van der Waals surface area contributed by atoms with Crippen molar-refractivity contribution in [1.29, 1.82) is 0 Å². The van der Waals surface area contributed by atoms with Gasteiger partial charge < -0.3 is 5.32 Å². The first-order valence-corrected chi connectivity index (χ1v) is 8.36. The molecule has 3 rings (SSSR count). The maximum Gasteiger partial charge on any atom is 0.279 e. The van der Waals surface area contributed by atoms with Crippen LogP contribution >= 0.6 is 23.6 Å². The highest BCUT2D eigenvalue weighted by Crippen LogP contribution is 2.28. The molecule has 0 spiro atoms. The molecule has 0 aliphatic heterocycles. The van der Waals surface area contributed by atoms with Crippen molar-refractivity contribution in [3.63, 3.8) is 0 Å². The minimum absolute atomic E-state index is 0.0105. The number of amides is 1. The molecular weight excluding hydrogens is 360 g/mol. The van der Waals surface area contributed by atoms with Crippen LogP contribution in [0.4, 0.5) is 11.4 Å². The largest absolute Gasteiger partial charge is 0.331 e. The standard InChI is InChI=1S/C16H12N4O3S2/c21-15(18-19-16(24)17-11-4-2-1-3-5-11)14-9-10-8-12(20(22)23)6-7-13(10)25-14/h1-9H,(H,18,21)(H2,17,19,24). The fourth-order valence-electron chi connectivity index (χ4n) is 2.12. The van der Waals surface area contributed by atoms with E-state index in [0.717, 1.165) is 10.4 Å². The Hall–Kier alpha value is -3.04. The number of fused-ring (bicyclic) bond motifs is 1. The van der Waals surface area contributed by atoms with E-state index in [1.54, 1.807) is 12.1 Å². The number of rotatable bonds is 3. The molecule has 1 aromatic heterocycles. The van der Waals surface area contributed by atoms with Gasteiger partial charge in [-0.15, -0.1) is 11.3 Å². The summed E-state index contributed by atoms with van der Waals surface area (Å²) in [6.07, 6.45) is 0. The van der Waals surface area contributed by atoms with Crippen molar-refractivity contribution in [3.05, 3.63) is 69.6 Å². The lowest BCUT2D eigenvalue weighted by molar-refractivity contribution is -0.384. The molecule has 1 heterocycles. The second kappa shape index (κ2) is 7.24. The SMILES string of the molecule is O=C(NNC(=S)Nc1ccccc1)c1cc2cc([N+](=O)[O-])ccc2s1.